The van der Waals surface area contributed by atoms with Crippen LogP contribution in [0.4, 0.5) is 8.78 Å². The van der Waals surface area contributed by atoms with E-state index in [0.29, 0.717) is 5.56 Å². The molecule has 0 amide bonds. The van der Waals surface area contributed by atoms with Gasteiger partial charge in [0.05, 0.1) is 5.56 Å². The van der Waals surface area contributed by atoms with E-state index >= 15 is 0 Å². The summed E-state index contributed by atoms with van der Waals surface area (Å²) in [6.07, 6.45) is 2.83. The van der Waals surface area contributed by atoms with E-state index in [2.05, 4.69) is 25.1 Å². The molecule has 0 fully saturated rings. The zero-order chi connectivity index (χ0) is 20.5. The summed E-state index contributed by atoms with van der Waals surface area (Å²) in [5, 5.41) is 8.72. The van der Waals surface area contributed by atoms with Crippen molar-refractivity contribution in [2.24, 2.45) is 0 Å². The molecule has 0 aromatic heterocycles. The highest BCUT2D eigenvalue weighted by atomic mass is 19.1. The maximum absolute atomic E-state index is 13.7. The van der Waals surface area contributed by atoms with E-state index in [-0.39, 0.29) is 5.75 Å². The Morgan fingerprint density at radius 3 is 2.34 bits per heavy atom. The van der Waals surface area contributed by atoms with E-state index in [0.717, 1.165) is 48.1 Å². The van der Waals surface area contributed by atoms with Crippen LogP contribution in [-0.2, 0) is 12.8 Å². The van der Waals surface area contributed by atoms with E-state index in [1.54, 1.807) is 12.1 Å². The highest BCUT2D eigenvalue weighted by Crippen LogP contribution is 2.37. The lowest BCUT2D eigenvalue weighted by Gasteiger charge is -2.07. The molecule has 0 spiro atoms. The van der Waals surface area contributed by atoms with Crippen molar-refractivity contribution in [1.82, 2.24) is 0 Å². The van der Waals surface area contributed by atoms with Gasteiger partial charge in [-0.05, 0) is 52.8 Å². The average Bonchev–Trinajstić information content (AvgIpc) is 3.05. The minimum absolute atomic E-state index is 0.281. The highest BCUT2D eigenvalue weighted by molar-refractivity contribution is 5.93. The van der Waals surface area contributed by atoms with Crippen LogP contribution in [0.3, 0.4) is 0 Å². The monoisotopic (exact) mass is 389 g/mol. The third-order valence-electron chi connectivity index (χ3n) is 5.06. The van der Waals surface area contributed by atoms with Crippen molar-refractivity contribution in [3.05, 3.63) is 88.0 Å². The number of carbonyl (C=O) groups excluding carboxylic acids is 1. The number of hydrogen-bond acceptors (Lipinski definition) is 3. The Morgan fingerprint density at radius 2 is 1.69 bits per heavy atom. The lowest BCUT2D eigenvalue weighted by atomic mass is 10.0. The van der Waals surface area contributed by atoms with Gasteiger partial charge in [0.2, 0.25) is 0 Å². The van der Waals surface area contributed by atoms with E-state index in [4.69, 9.17) is 10.00 Å². The zero-order valence-corrected chi connectivity index (χ0v) is 15.8. The molecule has 3 nitrogen and oxygen atoms in total. The van der Waals surface area contributed by atoms with E-state index in [9.17, 15) is 13.6 Å². The normalized spacial score (nSPS) is 11.5. The van der Waals surface area contributed by atoms with Gasteiger partial charge >= 0.3 is 5.97 Å². The standard InChI is InChI=1S/C24H17F2NO2/c1-2-3-14-4-6-19-16(8-14)10-17-9-15(5-7-20(17)19)24(28)29-18-11-22(25)21(13-27)23(26)12-18/h4-9,11-12H,2-3,10H2,1H3. The maximum Gasteiger partial charge on any atom is 0.343 e. The predicted molar refractivity (Wildman–Crippen MR) is 105 cm³/mol. The van der Waals surface area contributed by atoms with Crippen molar-refractivity contribution in [2.45, 2.75) is 26.2 Å². The summed E-state index contributed by atoms with van der Waals surface area (Å²) in [5.41, 5.74) is 5.38. The molecule has 0 aliphatic heterocycles. The van der Waals surface area contributed by atoms with Gasteiger partial charge in [-0.25, -0.2) is 13.6 Å². The molecule has 144 valence electrons. The van der Waals surface area contributed by atoms with Crippen LogP contribution in [0.1, 0.15) is 46.0 Å². The lowest BCUT2D eigenvalue weighted by Crippen LogP contribution is -2.09. The van der Waals surface area contributed by atoms with Gasteiger partial charge in [0.1, 0.15) is 29.0 Å². The quantitative estimate of drug-likeness (QED) is 0.338. The van der Waals surface area contributed by atoms with Crippen molar-refractivity contribution < 1.29 is 18.3 Å². The van der Waals surface area contributed by atoms with Crippen LogP contribution in [0, 0.1) is 23.0 Å². The molecular weight excluding hydrogens is 372 g/mol. The fourth-order valence-corrected chi connectivity index (χ4v) is 3.72. The Labute approximate surface area is 167 Å². The third-order valence-corrected chi connectivity index (χ3v) is 5.06. The van der Waals surface area contributed by atoms with E-state index in [1.165, 1.54) is 17.2 Å². The number of hydrogen-bond donors (Lipinski definition) is 0. The average molecular weight is 389 g/mol. The number of esters is 1. The van der Waals surface area contributed by atoms with Gasteiger partial charge in [-0.1, -0.05) is 37.6 Å². The van der Waals surface area contributed by atoms with E-state index in [1.807, 2.05) is 6.07 Å². The Bertz CT molecular complexity index is 1150. The number of nitriles is 1. The Kier molecular flexibility index (Phi) is 4.85. The highest BCUT2D eigenvalue weighted by Gasteiger charge is 2.21. The molecule has 4 rings (SSSR count). The second kappa shape index (κ2) is 7.48. The summed E-state index contributed by atoms with van der Waals surface area (Å²) in [6.45, 7) is 2.14. The number of fused-ring (bicyclic) bond motifs is 3. The molecule has 0 N–H and O–H groups in total. The fourth-order valence-electron chi connectivity index (χ4n) is 3.72. The smallest absolute Gasteiger partial charge is 0.343 e. The number of nitrogens with zero attached hydrogens (tertiary/aromatic N) is 1. The summed E-state index contributed by atoms with van der Waals surface area (Å²) in [7, 11) is 0. The van der Waals surface area contributed by atoms with Gasteiger partial charge in [0, 0.05) is 12.1 Å². The summed E-state index contributed by atoms with van der Waals surface area (Å²) in [5.74, 6) is -3.12. The van der Waals surface area contributed by atoms with Crippen LogP contribution < -0.4 is 4.74 Å². The third kappa shape index (κ3) is 3.50. The molecule has 1 aliphatic rings. The van der Waals surface area contributed by atoms with Crippen molar-refractivity contribution in [1.29, 1.82) is 5.26 Å². The summed E-state index contributed by atoms with van der Waals surface area (Å²) in [4.78, 5) is 12.5. The molecular formula is C24H17F2NO2. The largest absolute Gasteiger partial charge is 0.423 e. The first kappa shape index (κ1) is 18.8. The first-order valence-electron chi connectivity index (χ1n) is 9.36. The number of carbonyl (C=O) groups is 1. The minimum Gasteiger partial charge on any atom is -0.423 e. The summed E-state index contributed by atoms with van der Waals surface area (Å²) < 4.78 is 32.6. The van der Waals surface area contributed by atoms with Crippen molar-refractivity contribution >= 4 is 5.97 Å². The Hall–Kier alpha value is -3.52. The number of aryl methyl sites for hydroxylation is 1. The number of ether oxygens (including phenoxy) is 1. The first-order valence-corrected chi connectivity index (χ1v) is 9.36. The summed E-state index contributed by atoms with van der Waals surface area (Å²) >= 11 is 0. The van der Waals surface area contributed by atoms with Crippen LogP contribution in [0.25, 0.3) is 11.1 Å². The van der Waals surface area contributed by atoms with Crippen LogP contribution in [0.2, 0.25) is 0 Å². The Balaban J connectivity index is 1.58. The molecule has 1 aliphatic carbocycles. The first-order chi connectivity index (χ1) is 14.0. The lowest BCUT2D eigenvalue weighted by molar-refractivity contribution is 0.0734. The molecule has 0 saturated heterocycles. The van der Waals surface area contributed by atoms with Crippen LogP contribution in [0.15, 0.2) is 48.5 Å². The molecule has 0 atom stereocenters. The van der Waals surface area contributed by atoms with Crippen molar-refractivity contribution in [2.75, 3.05) is 0 Å². The van der Waals surface area contributed by atoms with Gasteiger partial charge in [0.15, 0.2) is 0 Å². The molecule has 0 saturated carbocycles. The van der Waals surface area contributed by atoms with Gasteiger partial charge < -0.3 is 4.74 Å². The minimum atomic E-state index is -1.07. The number of halogens is 2. The molecule has 0 bridgehead atoms. The molecule has 5 heteroatoms. The SMILES string of the molecule is CCCc1ccc2c(c1)Cc1cc(C(=O)Oc3cc(F)c(C#N)c(F)c3)ccc1-2. The zero-order valence-electron chi connectivity index (χ0n) is 15.8. The number of rotatable bonds is 4. The second-order valence-electron chi connectivity index (χ2n) is 7.05. The molecule has 0 unspecified atom stereocenters. The topological polar surface area (TPSA) is 50.1 Å². The molecule has 0 radical (unpaired) electrons. The van der Waals surface area contributed by atoms with Crippen molar-refractivity contribution in [3.63, 3.8) is 0 Å². The summed E-state index contributed by atoms with van der Waals surface area (Å²) in [6, 6.07) is 14.8. The van der Waals surface area contributed by atoms with Crippen molar-refractivity contribution in [3.8, 4) is 22.9 Å². The number of benzene rings is 3. The second-order valence-corrected chi connectivity index (χ2v) is 7.05. The fraction of sp³-hybridized carbons (Fsp3) is 0.167. The van der Waals surface area contributed by atoms with Crippen LogP contribution in [-0.4, -0.2) is 5.97 Å². The van der Waals surface area contributed by atoms with Gasteiger partial charge in [-0.3, -0.25) is 0 Å². The Morgan fingerprint density at radius 1 is 1.03 bits per heavy atom. The van der Waals surface area contributed by atoms with Crippen LogP contribution in [0.5, 0.6) is 5.75 Å². The molecule has 3 aromatic rings. The predicted octanol–water partition coefficient (Wildman–Crippen LogP) is 5.58. The van der Waals surface area contributed by atoms with Gasteiger partial charge in [-0.15, -0.1) is 0 Å². The molecule has 3 aromatic carbocycles. The maximum atomic E-state index is 13.7. The molecule has 0 heterocycles. The molecule has 29 heavy (non-hydrogen) atoms. The van der Waals surface area contributed by atoms with E-state index < -0.39 is 23.2 Å². The van der Waals surface area contributed by atoms with Gasteiger partial charge in [-0.2, -0.15) is 5.26 Å². The van der Waals surface area contributed by atoms with Crippen LogP contribution >= 0.6 is 0 Å². The van der Waals surface area contributed by atoms with Gasteiger partial charge in [0.25, 0.3) is 0 Å².